The molecule has 1 aliphatic rings. The molecule has 0 spiro atoms. The number of aryl methyl sites for hydroxylation is 3. The molecule has 1 amide bonds. The molecule has 8 heteroatoms. The Morgan fingerprint density at radius 2 is 2.33 bits per heavy atom. The summed E-state index contributed by atoms with van der Waals surface area (Å²) in [5.74, 6) is 0.480. The van der Waals surface area contributed by atoms with E-state index in [1.165, 1.54) is 19.3 Å². The highest BCUT2D eigenvalue weighted by atomic mass is 16.5. The fourth-order valence-corrected chi connectivity index (χ4v) is 2.98. The van der Waals surface area contributed by atoms with Gasteiger partial charge in [-0.1, -0.05) is 16.8 Å². The second kappa shape index (κ2) is 7.57. The van der Waals surface area contributed by atoms with Gasteiger partial charge in [0, 0.05) is 24.7 Å². The van der Waals surface area contributed by atoms with Gasteiger partial charge in [0.05, 0.1) is 11.9 Å². The van der Waals surface area contributed by atoms with Crippen molar-refractivity contribution in [2.24, 2.45) is 0 Å². The zero-order valence-corrected chi connectivity index (χ0v) is 14.2. The number of hydrogen-bond acceptors (Lipinski definition) is 6. The van der Waals surface area contributed by atoms with Crippen molar-refractivity contribution in [3.8, 4) is 0 Å². The van der Waals surface area contributed by atoms with Gasteiger partial charge in [-0.05, 0) is 39.7 Å². The van der Waals surface area contributed by atoms with E-state index in [4.69, 9.17) is 4.52 Å². The molecule has 0 radical (unpaired) electrons. The molecule has 0 saturated carbocycles. The minimum absolute atomic E-state index is 0.239. The standard InChI is InChI=1S/C16H24N6O2/c1-11-14(12(2)24-20-11)9-18-16(23)15-10-22(21-19-15)8-6-13-5-3-4-7-17-13/h10,13,17H,3-9H2,1-2H3,(H,18,23)/t13-/m1/s1. The van der Waals surface area contributed by atoms with Crippen molar-refractivity contribution >= 4 is 5.91 Å². The summed E-state index contributed by atoms with van der Waals surface area (Å²) in [5, 5.41) is 18.2. The maximum atomic E-state index is 12.2. The Hall–Kier alpha value is -2.22. The molecular weight excluding hydrogens is 308 g/mol. The Morgan fingerprint density at radius 1 is 1.46 bits per heavy atom. The molecule has 3 heterocycles. The smallest absolute Gasteiger partial charge is 0.273 e. The Morgan fingerprint density at radius 3 is 3.04 bits per heavy atom. The third kappa shape index (κ3) is 4.00. The van der Waals surface area contributed by atoms with Gasteiger partial charge in [0.2, 0.25) is 0 Å². The molecule has 8 nitrogen and oxygen atoms in total. The second-order valence-corrected chi connectivity index (χ2v) is 6.29. The Balaban J connectivity index is 1.50. The first-order chi connectivity index (χ1) is 11.6. The lowest BCUT2D eigenvalue weighted by Gasteiger charge is -2.23. The average molecular weight is 332 g/mol. The van der Waals surface area contributed by atoms with Gasteiger partial charge in [-0.15, -0.1) is 5.10 Å². The number of rotatable bonds is 6. The van der Waals surface area contributed by atoms with Crippen molar-refractivity contribution in [2.45, 2.75) is 58.7 Å². The van der Waals surface area contributed by atoms with E-state index in [0.717, 1.165) is 36.5 Å². The summed E-state index contributed by atoms with van der Waals surface area (Å²) in [6.07, 6.45) is 6.45. The summed E-state index contributed by atoms with van der Waals surface area (Å²) >= 11 is 0. The molecule has 3 rings (SSSR count). The van der Waals surface area contributed by atoms with Gasteiger partial charge in [-0.2, -0.15) is 0 Å². The number of carbonyl (C=O) groups excluding carboxylic acids is 1. The van der Waals surface area contributed by atoms with Gasteiger partial charge in [0.15, 0.2) is 5.69 Å². The van der Waals surface area contributed by atoms with Crippen LogP contribution in [0.1, 0.15) is 53.2 Å². The maximum absolute atomic E-state index is 12.2. The van der Waals surface area contributed by atoms with Crippen molar-refractivity contribution in [3.63, 3.8) is 0 Å². The van der Waals surface area contributed by atoms with Crippen LogP contribution < -0.4 is 10.6 Å². The van der Waals surface area contributed by atoms with E-state index in [1.54, 1.807) is 10.9 Å². The van der Waals surface area contributed by atoms with Gasteiger partial charge >= 0.3 is 0 Å². The molecule has 1 atom stereocenters. The number of nitrogens with zero attached hydrogens (tertiary/aromatic N) is 4. The molecule has 0 bridgehead atoms. The summed E-state index contributed by atoms with van der Waals surface area (Å²) < 4.78 is 6.82. The molecule has 2 N–H and O–H groups in total. The zero-order chi connectivity index (χ0) is 16.9. The summed E-state index contributed by atoms with van der Waals surface area (Å²) in [6, 6.07) is 0.541. The summed E-state index contributed by atoms with van der Waals surface area (Å²) in [4.78, 5) is 12.2. The maximum Gasteiger partial charge on any atom is 0.273 e. The number of aromatic nitrogens is 4. The van der Waals surface area contributed by atoms with Crippen LogP contribution in [0.2, 0.25) is 0 Å². The summed E-state index contributed by atoms with van der Waals surface area (Å²) in [5.41, 5.74) is 2.02. The Kier molecular flexibility index (Phi) is 5.24. The van der Waals surface area contributed by atoms with Gasteiger partial charge in [0.25, 0.3) is 5.91 Å². The molecule has 130 valence electrons. The van der Waals surface area contributed by atoms with Gasteiger partial charge in [-0.25, -0.2) is 0 Å². The third-order valence-electron chi connectivity index (χ3n) is 4.50. The largest absolute Gasteiger partial charge is 0.361 e. The van der Waals surface area contributed by atoms with E-state index in [0.29, 0.717) is 18.3 Å². The molecule has 1 saturated heterocycles. The van der Waals surface area contributed by atoms with Crippen LogP contribution in [0.4, 0.5) is 0 Å². The highest BCUT2D eigenvalue weighted by molar-refractivity contribution is 5.91. The molecule has 0 aliphatic carbocycles. The van der Waals surface area contributed by atoms with Crippen LogP contribution in [-0.2, 0) is 13.1 Å². The first kappa shape index (κ1) is 16.6. The fraction of sp³-hybridized carbons (Fsp3) is 0.625. The second-order valence-electron chi connectivity index (χ2n) is 6.29. The zero-order valence-electron chi connectivity index (χ0n) is 14.2. The van der Waals surface area contributed by atoms with E-state index >= 15 is 0 Å². The van der Waals surface area contributed by atoms with E-state index in [1.807, 2.05) is 13.8 Å². The van der Waals surface area contributed by atoms with Crippen LogP contribution in [-0.4, -0.2) is 38.6 Å². The molecule has 0 aromatic carbocycles. The van der Waals surface area contributed by atoms with Crippen molar-refractivity contribution in [2.75, 3.05) is 6.54 Å². The minimum Gasteiger partial charge on any atom is -0.361 e. The first-order valence-electron chi connectivity index (χ1n) is 8.47. The molecule has 1 aliphatic heterocycles. The Bertz CT molecular complexity index is 667. The Labute approximate surface area is 141 Å². The average Bonchev–Trinajstić information content (AvgIpc) is 3.19. The van der Waals surface area contributed by atoms with Crippen molar-refractivity contribution in [3.05, 3.63) is 28.9 Å². The van der Waals surface area contributed by atoms with Crippen molar-refractivity contribution < 1.29 is 9.32 Å². The van der Waals surface area contributed by atoms with Crippen molar-refractivity contribution in [1.82, 2.24) is 30.8 Å². The SMILES string of the molecule is Cc1noc(C)c1CNC(=O)c1cn(CC[C@H]2CCCCN2)nn1. The monoisotopic (exact) mass is 332 g/mol. The normalized spacial score (nSPS) is 17.8. The molecule has 24 heavy (non-hydrogen) atoms. The highest BCUT2D eigenvalue weighted by Gasteiger charge is 2.15. The number of nitrogens with one attached hydrogen (secondary N) is 2. The molecular formula is C16H24N6O2. The molecule has 2 aromatic heterocycles. The van der Waals surface area contributed by atoms with Gasteiger partial charge in [0.1, 0.15) is 5.76 Å². The van der Waals surface area contributed by atoms with E-state index in [-0.39, 0.29) is 5.91 Å². The number of carbonyl (C=O) groups is 1. The first-order valence-corrected chi connectivity index (χ1v) is 8.47. The predicted molar refractivity (Wildman–Crippen MR) is 87.4 cm³/mol. The quantitative estimate of drug-likeness (QED) is 0.828. The van der Waals surface area contributed by atoms with E-state index in [2.05, 4.69) is 26.1 Å². The van der Waals surface area contributed by atoms with Gasteiger partial charge < -0.3 is 15.2 Å². The molecule has 1 fully saturated rings. The lowest BCUT2D eigenvalue weighted by molar-refractivity contribution is 0.0945. The van der Waals surface area contributed by atoms with Crippen LogP contribution in [0.15, 0.2) is 10.7 Å². The van der Waals surface area contributed by atoms with Crippen LogP contribution in [0, 0.1) is 13.8 Å². The van der Waals surface area contributed by atoms with Crippen molar-refractivity contribution in [1.29, 1.82) is 0 Å². The summed E-state index contributed by atoms with van der Waals surface area (Å²) in [7, 11) is 0. The lowest BCUT2D eigenvalue weighted by atomic mass is 10.0. The van der Waals surface area contributed by atoms with Crippen LogP contribution in [0.5, 0.6) is 0 Å². The minimum atomic E-state index is -0.239. The number of hydrogen-bond donors (Lipinski definition) is 2. The number of piperidine rings is 1. The van der Waals surface area contributed by atoms with E-state index < -0.39 is 0 Å². The van der Waals surface area contributed by atoms with Crippen LogP contribution >= 0.6 is 0 Å². The highest BCUT2D eigenvalue weighted by Crippen LogP contribution is 2.12. The topological polar surface area (TPSA) is 97.9 Å². The summed E-state index contributed by atoms with van der Waals surface area (Å²) in [6.45, 7) is 5.92. The van der Waals surface area contributed by atoms with Crippen LogP contribution in [0.25, 0.3) is 0 Å². The molecule has 2 aromatic rings. The van der Waals surface area contributed by atoms with Crippen LogP contribution in [0.3, 0.4) is 0 Å². The van der Waals surface area contributed by atoms with E-state index in [9.17, 15) is 4.79 Å². The lowest BCUT2D eigenvalue weighted by Crippen LogP contribution is -2.34. The predicted octanol–water partition coefficient (Wildman–Crippen LogP) is 1.35. The molecule has 0 unspecified atom stereocenters. The third-order valence-corrected chi connectivity index (χ3v) is 4.50. The fourth-order valence-electron chi connectivity index (χ4n) is 2.98. The van der Waals surface area contributed by atoms with Gasteiger partial charge in [-0.3, -0.25) is 9.48 Å². The number of amides is 1.